The van der Waals surface area contributed by atoms with Crippen molar-refractivity contribution in [1.29, 1.82) is 0 Å². The van der Waals surface area contributed by atoms with E-state index in [0.717, 1.165) is 30.7 Å². The summed E-state index contributed by atoms with van der Waals surface area (Å²) in [4.78, 5) is 12.0. The lowest BCUT2D eigenvalue weighted by molar-refractivity contribution is -0.139. The van der Waals surface area contributed by atoms with Crippen LogP contribution < -0.4 is 0 Å². The largest absolute Gasteiger partial charge is 0.462 e. The molecule has 0 atom stereocenters. The summed E-state index contributed by atoms with van der Waals surface area (Å²) in [5.41, 5.74) is 3.21. The SMILES string of the molecule is CCCCCOC(=O)/C(C)=C/c1ccc(C2CCC(CCC)CC2)cc1. The Bertz CT molecular complexity index is 562. The van der Waals surface area contributed by atoms with Gasteiger partial charge in [0.2, 0.25) is 0 Å². The molecule has 26 heavy (non-hydrogen) atoms. The van der Waals surface area contributed by atoms with Crippen molar-refractivity contribution < 1.29 is 9.53 Å². The minimum atomic E-state index is -0.195. The summed E-state index contributed by atoms with van der Waals surface area (Å²) in [5.74, 6) is 1.47. The number of ether oxygens (including phenoxy) is 1. The monoisotopic (exact) mass is 356 g/mol. The molecule has 1 fully saturated rings. The van der Waals surface area contributed by atoms with Gasteiger partial charge in [0.25, 0.3) is 0 Å². The number of rotatable bonds is 9. The zero-order valence-corrected chi connectivity index (χ0v) is 16.9. The molecule has 2 nitrogen and oxygen atoms in total. The molecule has 144 valence electrons. The van der Waals surface area contributed by atoms with E-state index in [1.165, 1.54) is 44.1 Å². The Morgan fingerprint density at radius 2 is 1.73 bits per heavy atom. The van der Waals surface area contributed by atoms with Gasteiger partial charge >= 0.3 is 5.97 Å². The maximum Gasteiger partial charge on any atom is 0.333 e. The first-order valence-corrected chi connectivity index (χ1v) is 10.6. The molecule has 0 radical (unpaired) electrons. The van der Waals surface area contributed by atoms with E-state index in [0.29, 0.717) is 18.1 Å². The lowest BCUT2D eigenvalue weighted by Gasteiger charge is -2.28. The first-order valence-electron chi connectivity index (χ1n) is 10.6. The van der Waals surface area contributed by atoms with Crippen LogP contribution in [-0.2, 0) is 9.53 Å². The summed E-state index contributed by atoms with van der Waals surface area (Å²) < 4.78 is 5.32. The summed E-state index contributed by atoms with van der Waals surface area (Å²) in [6.07, 6.45) is 13.2. The maximum atomic E-state index is 12.0. The Balaban J connectivity index is 1.85. The number of esters is 1. The molecule has 2 rings (SSSR count). The van der Waals surface area contributed by atoms with Crippen LogP contribution >= 0.6 is 0 Å². The van der Waals surface area contributed by atoms with Crippen molar-refractivity contribution >= 4 is 12.0 Å². The summed E-state index contributed by atoms with van der Waals surface area (Å²) in [7, 11) is 0. The highest BCUT2D eigenvalue weighted by molar-refractivity contribution is 5.92. The molecule has 1 aliphatic rings. The van der Waals surface area contributed by atoms with Gasteiger partial charge in [-0.1, -0.05) is 63.8 Å². The van der Waals surface area contributed by atoms with Gasteiger partial charge in [0, 0.05) is 5.57 Å². The van der Waals surface area contributed by atoms with Crippen molar-refractivity contribution in [3.05, 3.63) is 41.0 Å². The predicted octanol–water partition coefficient (Wildman–Crippen LogP) is 6.90. The average molecular weight is 357 g/mol. The third kappa shape index (κ3) is 6.63. The zero-order valence-electron chi connectivity index (χ0n) is 16.9. The second kappa shape index (κ2) is 11.2. The third-order valence-corrected chi connectivity index (χ3v) is 5.64. The number of unbranched alkanes of at least 4 members (excludes halogenated alkanes) is 2. The standard InChI is InChI=1S/C24H36O2/c1-4-6-7-17-26-24(25)19(3)18-21-11-15-23(16-12-21)22-13-9-20(8-5-2)10-14-22/h11-12,15-16,18,20,22H,4-10,13-14,17H2,1-3H3/b19-18+. The van der Waals surface area contributed by atoms with Crippen LogP contribution in [0.1, 0.15) is 95.6 Å². The van der Waals surface area contributed by atoms with Crippen LogP contribution in [0.2, 0.25) is 0 Å². The number of hydrogen-bond donors (Lipinski definition) is 0. The highest BCUT2D eigenvalue weighted by Crippen LogP contribution is 2.37. The molecular weight excluding hydrogens is 320 g/mol. The van der Waals surface area contributed by atoms with Gasteiger partial charge in [0.1, 0.15) is 0 Å². The summed E-state index contributed by atoms with van der Waals surface area (Å²) in [6, 6.07) is 8.77. The molecule has 0 spiro atoms. The Kier molecular flexibility index (Phi) is 8.94. The minimum absolute atomic E-state index is 0.195. The Hall–Kier alpha value is -1.57. The quantitative estimate of drug-likeness (QED) is 0.273. The van der Waals surface area contributed by atoms with E-state index in [4.69, 9.17) is 4.74 Å². The van der Waals surface area contributed by atoms with Crippen molar-refractivity contribution in [2.24, 2.45) is 5.92 Å². The van der Waals surface area contributed by atoms with Crippen molar-refractivity contribution in [1.82, 2.24) is 0 Å². The Labute approximate surface area is 160 Å². The fraction of sp³-hybridized carbons (Fsp3) is 0.625. The first kappa shape index (κ1) is 20.7. The number of hydrogen-bond acceptors (Lipinski definition) is 2. The topological polar surface area (TPSA) is 26.3 Å². The molecule has 0 bridgehead atoms. The Morgan fingerprint density at radius 1 is 1.04 bits per heavy atom. The molecule has 1 aromatic rings. The van der Waals surface area contributed by atoms with Gasteiger partial charge in [-0.2, -0.15) is 0 Å². The number of carbonyl (C=O) groups excluding carboxylic acids is 1. The van der Waals surface area contributed by atoms with E-state index >= 15 is 0 Å². The second-order valence-corrected chi connectivity index (χ2v) is 7.84. The van der Waals surface area contributed by atoms with Crippen LogP contribution in [0.15, 0.2) is 29.8 Å². The van der Waals surface area contributed by atoms with Gasteiger partial charge in [0.05, 0.1) is 6.61 Å². The van der Waals surface area contributed by atoms with Gasteiger partial charge in [-0.3, -0.25) is 0 Å². The van der Waals surface area contributed by atoms with Gasteiger partial charge in [-0.05, 0) is 68.1 Å². The van der Waals surface area contributed by atoms with Gasteiger partial charge in [-0.25, -0.2) is 4.79 Å². The molecule has 1 aromatic carbocycles. The minimum Gasteiger partial charge on any atom is -0.462 e. The van der Waals surface area contributed by atoms with Gasteiger partial charge < -0.3 is 4.74 Å². The van der Waals surface area contributed by atoms with Crippen molar-refractivity contribution in [2.75, 3.05) is 6.61 Å². The fourth-order valence-electron chi connectivity index (χ4n) is 4.00. The predicted molar refractivity (Wildman–Crippen MR) is 110 cm³/mol. The first-order chi connectivity index (χ1) is 12.6. The summed E-state index contributed by atoms with van der Waals surface area (Å²) >= 11 is 0. The van der Waals surface area contributed by atoms with E-state index < -0.39 is 0 Å². The third-order valence-electron chi connectivity index (χ3n) is 5.64. The summed E-state index contributed by atoms with van der Waals surface area (Å²) in [5, 5.41) is 0. The molecule has 0 aromatic heterocycles. The zero-order chi connectivity index (χ0) is 18.8. The van der Waals surface area contributed by atoms with Gasteiger partial charge in [0.15, 0.2) is 0 Å². The van der Waals surface area contributed by atoms with Crippen molar-refractivity contribution in [3.63, 3.8) is 0 Å². The lowest BCUT2D eigenvalue weighted by Crippen LogP contribution is -2.13. The van der Waals surface area contributed by atoms with E-state index in [9.17, 15) is 4.79 Å². The van der Waals surface area contributed by atoms with Crippen LogP contribution in [0.4, 0.5) is 0 Å². The van der Waals surface area contributed by atoms with Crippen molar-refractivity contribution in [2.45, 2.75) is 84.5 Å². The van der Waals surface area contributed by atoms with E-state index in [-0.39, 0.29) is 5.97 Å². The molecule has 1 saturated carbocycles. The van der Waals surface area contributed by atoms with Gasteiger partial charge in [-0.15, -0.1) is 0 Å². The fourth-order valence-corrected chi connectivity index (χ4v) is 4.00. The van der Waals surface area contributed by atoms with E-state index in [2.05, 4.69) is 38.1 Å². The molecular formula is C24H36O2. The lowest BCUT2D eigenvalue weighted by atomic mass is 9.77. The summed E-state index contributed by atoms with van der Waals surface area (Å²) in [6.45, 7) is 6.80. The average Bonchev–Trinajstić information content (AvgIpc) is 2.66. The second-order valence-electron chi connectivity index (χ2n) is 7.84. The van der Waals surface area contributed by atoms with E-state index in [1.807, 2.05) is 13.0 Å². The van der Waals surface area contributed by atoms with E-state index in [1.54, 1.807) is 0 Å². The molecule has 2 heteroatoms. The molecule has 0 aliphatic heterocycles. The van der Waals surface area contributed by atoms with Crippen LogP contribution in [-0.4, -0.2) is 12.6 Å². The number of carbonyl (C=O) groups is 1. The molecule has 0 heterocycles. The van der Waals surface area contributed by atoms with Crippen molar-refractivity contribution in [3.8, 4) is 0 Å². The molecule has 0 saturated heterocycles. The van der Waals surface area contributed by atoms with Crippen LogP contribution in [0.25, 0.3) is 6.08 Å². The van der Waals surface area contributed by atoms with Crippen LogP contribution in [0.5, 0.6) is 0 Å². The highest BCUT2D eigenvalue weighted by atomic mass is 16.5. The Morgan fingerprint density at radius 3 is 2.35 bits per heavy atom. The molecule has 0 amide bonds. The normalized spacial score (nSPS) is 20.8. The number of benzene rings is 1. The molecule has 0 N–H and O–H groups in total. The smallest absolute Gasteiger partial charge is 0.333 e. The van der Waals surface area contributed by atoms with Crippen LogP contribution in [0, 0.1) is 5.92 Å². The molecule has 0 unspecified atom stereocenters. The van der Waals surface area contributed by atoms with Crippen LogP contribution in [0.3, 0.4) is 0 Å². The highest BCUT2D eigenvalue weighted by Gasteiger charge is 2.21. The maximum absolute atomic E-state index is 12.0. The molecule has 1 aliphatic carbocycles.